The molecule has 0 radical (unpaired) electrons. The van der Waals surface area contributed by atoms with E-state index in [0.717, 1.165) is 24.4 Å². The van der Waals surface area contributed by atoms with E-state index in [1.54, 1.807) is 6.33 Å². The Bertz CT molecular complexity index is 376. The van der Waals surface area contributed by atoms with Crippen LogP contribution in [0.4, 0.5) is 0 Å². The van der Waals surface area contributed by atoms with Crippen molar-refractivity contribution in [3.63, 3.8) is 0 Å². The molecule has 0 saturated heterocycles. The molecule has 3 heteroatoms. The number of rotatable bonds is 1. The van der Waals surface area contributed by atoms with Gasteiger partial charge >= 0.3 is 0 Å². The van der Waals surface area contributed by atoms with Gasteiger partial charge in [-0.25, -0.2) is 9.97 Å². The molecule has 1 aliphatic rings. The first-order valence-electron chi connectivity index (χ1n) is 5.50. The predicted molar refractivity (Wildman–Crippen MR) is 58.6 cm³/mol. The normalized spacial score (nSPS) is 25.4. The number of nitrogens with zero attached hydrogens (tertiary/aromatic N) is 2. The smallest absolute Gasteiger partial charge is 0.115 e. The SMILES string of the molecule is Cc1ncnc2c1C(C)(C(C)C)OCC2. The third-order valence-corrected chi connectivity index (χ3v) is 3.45. The Hall–Kier alpha value is -0.960. The van der Waals surface area contributed by atoms with Gasteiger partial charge in [0.25, 0.3) is 0 Å². The molecule has 0 saturated carbocycles. The first kappa shape index (κ1) is 10.6. The van der Waals surface area contributed by atoms with Crippen LogP contribution in [0.5, 0.6) is 0 Å². The third kappa shape index (κ3) is 1.55. The second-order valence-electron chi connectivity index (χ2n) is 4.64. The van der Waals surface area contributed by atoms with Crippen molar-refractivity contribution < 1.29 is 4.74 Å². The van der Waals surface area contributed by atoms with Crippen LogP contribution in [0.15, 0.2) is 6.33 Å². The summed E-state index contributed by atoms with van der Waals surface area (Å²) in [4.78, 5) is 8.65. The number of aromatic nitrogens is 2. The zero-order valence-electron chi connectivity index (χ0n) is 9.87. The van der Waals surface area contributed by atoms with Gasteiger partial charge in [0.2, 0.25) is 0 Å². The highest BCUT2D eigenvalue weighted by atomic mass is 16.5. The predicted octanol–water partition coefficient (Wildman–Crippen LogP) is 2.23. The van der Waals surface area contributed by atoms with Crippen LogP contribution < -0.4 is 0 Å². The van der Waals surface area contributed by atoms with Gasteiger partial charge in [-0.15, -0.1) is 0 Å². The second-order valence-corrected chi connectivity index (χ2v) is 4.64. The lowest BCUT2D eigenvalue weighted by atomic mass is 9.81. The molecule has 0 spiro atoms. The second kappa shape index (κ2) is 3.56. The summed E-state index contributed by atoms with van der Waals surface area (Å²) < 4.78 is 5.95. The van der Waals surface area contributed by atoms with Gasteiger partial charge in [-0.3, -0.25) is 0 Å². The van der Waals surface area contributed by atoms with E-state index >= 15 is 0 Å². The van der Waals surface area contributed by atoms with E-state index in [1.165, 1.54) is 5.56 Å². The molecule has 1 aromatic heterocycles. The average molecular weight is 206 g/mol. The fourth-order valence-corrected chi connectivity index (χ4v) is 2.25. The van der Waals surface area contributed by atoms with Gasteiger partial charge in [-0.2, -0.15) is 0 Å². The molecule has 0 N–H and O–H groups in total. The summed E-state index contributed by atoms with van der Waals surface area (Å²) in [7, 11) is 0. The van der Waals surface area contributed by atoms with E-state index in [9.17, 15) is 0 Å². The number of fused-ring (bicyclic) bond motifs is 1. The van der Waals surface area contributed by atoms with Gasteiger partial charge in [0, 0.05) is 17.7 Å². The minimum Gasteiger partial charge on any atom is -0.370 e. The monoisotopic (exact) mass is 206 g/mol. The molecule has 0 aromatic carbocycles. The van der Waals surface area contributed by atoms with Crippen molar-refractivity contribution in [2.45, 2.75) is 39.7 Å². The van der Waals surface area contributed by atoms with E-state index < -0.39 is 0 Å². The molecule has 2 heterocycles. The largest absolute Gasteiger partial charge is 0.370 e. The van der Waals surface area contributed by atoms with Crippen molar-refractivity contribution in [3.8, 4) is 0 Å². The molecule has 0 amide bonds. The van der Waals surface area contributed by atoms with E-state index in [1.807, 2.05) is 6.92 Å². The quantitative estimate of drug-likeness (QED) is 0.706. The summed E-state index contributed by atoms with van der Waals surface area (Å²) >= 11 is 0. The van der Waals surface area contributed by atoms with Crippen molar-refractivity contribution in [1.82, 2.24) is 9.97 Å². The van der Waals surface area contributed by atoms with Crippen molar-refractivity contribution >= 4 is 0 Å². The molecule has 15 heavy (non-hydrogen) atoms. The number of aryl methyl sites for hydroxylation is 1. The molecule has 3 nitrogen and oxygen atoms in total. The molecule has 0 aliphatic carbocycles. The molecule has 82 valence electrons. The fraction of sp³-hybridized carbons (Fsp3) is 0.667. The van der Waals surface area contributed by atoms with Crippen LogP contribution in [-0.4, -0.2) is 16.6 Å². The molecule has 0 fully saturated rings. The summed E-state index contributed by atoms with van der Waals surface area (Å²) in [6, 6.07) is 0. The fourth-order valence-electron chi connectivity index (χ4n) is 2.25. The van der Waals surface area contributed by atoms with Crippen molar-refractivity contribution in [1.29, 1.82) is 0 Å². The summed E-state index contributed by atoms with van der Waals surface area (Å²) in [6.45, 7) is 9.31. The molecule has 0 bridgehead atoms. The Morgan fingerprint density at radius 2 is 2.13 bits per heavy atom. The Labute approximate surface area is 90.9 Å². The van der Waals surface area contributed by atoms with Gasteiger partial charge in [-0.1, -0.05) is 13.8 Å². The average Bonchev–Trinajstić information content (AvgIpc) is 2.17. The molecular formula is C12H18N2O. The van der Waals surface area contributed by atoms with Gasteiger partial charge in [0.05, 0.1) is 17.9 Å². The molecule has 1 unspecified atom stereocenters. The van der Waals surface area contributed by atoms with E-state index in [4.69, 9.17) is 4.74 Å². The Kier molecular flexibility index (Phi) is 2.51. The Balaban J connectivity index is 2.59. The van der Waals surface area contributed by atoms with Crippen LogP contribution in [0, 0.1) is 12.8 Å². The standard InChI is InChI=1S/C12H18N2O/c1-8(2)12(4)11-9(3)13-7-14-10(11)5-6-15-12/h7-8H,5-6H2,1-4H3. The number of ether oxygens (including phenoxy) is 1. The first-order valence-corrected chi connectivity index (χ1v) is 5.50. The van der Waals surface area contributed by atoms with Crippen LogP contribution in [0.3, 0.4) is 0 Å². The summed E-state index contributed by atoms with van der Waals surface area (Å²) in [5.41, 5.74) is 3.19. The lowest BCUT2D eigenvalue weighted by Gasteiger charge is -2.39. The van der Waals surface area contributed by atoms with Crippen LogP contribution in [0.2, 0.25) is 0 Å². The number of hydrogen-bond donors (Lipinski definition) is 0. The molecular weight excluding hydrogens is 188 g/mol. The maximum atomic E-state index is 5.95. The van der Waals surface area contributed by atoms with Crippen LogP contribution >= 0.6 is 0 Å². The van der Waals surface area contributed by atoms with Gasteiger partial charge in [0.1, 0.15) is 6.33 Å². The summed E-state index contributed by atoms with van der Waals surface area (Å²) in [6.07, 6.45) is 2.56. The summed E-state index contributed by atoms with van der Waals surface area (Å²) in [5, 5.41) is 0. The Morgan fingerprint density at radius 3 is 2.80 bits per heavy atom. The molecule has 1 aliphatic heterocycles. The van der Waals surface area contributed by atoms with E-state index in [0.29, 0.717) is 5.92 Å². The van der Waals surface area contributed by atoms with Crippen molar-refractivity contribution in [2.24, 2.45) is 5.92 Å². The number of hydrogen-bond acceptors (Lipinski definition) is 3. The van der Waals surface area contributed by atoms with Gasteiger partial charge in [0.15, 0.2) is 0 Å². The van der Waals surface area contributed by atoms with E-state index in [-0.39, 0.29) is 5.60 Å². The van der Waals surface area contributed by atoms with E-state index in [2.05, 4.69) is 30.7 Å². The minimum absolute atomic E-state index is 0.223. The molecule has 1 atom stereocenters. The lowest BCUT2D eigenvalue weighted by molar-refractivity contribution is -0.0809. The maximum absolute atomic E-state index is 5.95. The van der Waals surface area contributed by atoms with Gasteiger partial charge < -0.3 is 4.74 Å². The molecule has 2 rings (SSSR count). The summed E-state index contributed by atoms with van der Waals surface area (Å²) in [5.74, 6) is 0.432. The lowest BCUT2D eigenvalue weighted by Crippen LogP contribution is -2.39. The zero-order valence-corrected chi connectivity index (χ0v) is 9.87. The molecule has 1 aromatic rings. The highest BCUT2D eigenvalue weighted by Crippen LogP contribution is 2.39. The minimum atomic E-state index is -0.223. The highest BCUT2D eigenvalue weighted by Gasteiger charge is 2.38. The zero-order chi connectivity index (χ0) is 11.1. The third-order valence-electron chi connectivity index (χ3n) is 3.45. The van der Waals surface area contributed by atoms with Crippen molar-refractivity contribution in [3.05, 3.63) is 23.3 Å². The van der Waals surface area contributed by atoms with Crippen LogP contribution in [-0.2, 0) is 16.8 Å². The van der Waals surface area contributed by atoms with Crippen LogP contribution in [0.1, 0.15) is 37.7 Å². The van der Waals surface area contributed by atoms with Gasteiger partial charge in [-0.05, 0) is 19.8 Å². The van der Waals surface area contributed by atoms with Crippen LogP contribution in [0.25, 0.3) is 0 Å². The highest BCUT2D eigenvalue weighted by molar-refractivity contribution is 5.32. The maximum Gasteiger partial charge on any atom is 0.115 e. The first-order chi connectivity index (χ1) is 7.05. The van der Waals surface area contributed by atoms with Crippen molar-refractivity contribution in [2.75, 3.05) is 6.61 Å². The Morgan fingerprint density at radius 1 is 1.40 bits per heavy atom. The topological polar surface area (TPSA) is 35.0 Å².